The predicted molar refractivity (Wildman–Crippen MR) is 77.2 cm³/mol. The molecule has 0 unspecified atom stereocenters. The Balaban J connectivity index is 2.13. The topological polar surface area (TPSA) is 48.1 Å². The van der Waals surface area contributed by atoms with Crippen LogP contribution in [0.3, 0.4) is 0 Å². The zero-order valence-corrected chi connectivity index (χ0v) is 12.2. The number of benzene rings is 1. The van der Waals surface area contributed by atoms with Crippen LogP contribution in [0, 0.1) is 0 Å². The van der Waals surface area contributed by atoms with Crippen molar-refractivity contribution in [2.45, 2.75) is 12.8 Å². The van der Waals surface area contributed by atoms with Gasteiger partial charge < -0.3 is 10.5 Å². The third-order valence-electron chi connectivity index (χ3n) is 2.88. The van der Waals surface area contributed by atoms with Crippen molar-refractivity contribution in [3.8, 4) is 17.0 Å². The molecule has 5 heteroatoms. The summed E-state index contributed by atoms with van der Waals surface area (Å²) in [5.74, 6) is 0.918. The van der Waals surface area contributed by atoms with E-state index in [-0.39, 0.29) is 0 Å². The van der Waals surface area contributed by atoms with Crippen LogP contribution < -0.4 is 10.5 Å². The number of nitrogens with zero attached hydrogens (tertiary/aromatic N) is 1. The second kappa shape index (κ2) is 4.99. The van der Waals surface area contributed by atoms with Crippen LogP contribution >= 0.6 is 27.3 Å². The highest BCUT2D eigenvalue weighted by atomic mass is 79.9. The zero-order chi connectivity index (χ0) is 12.5. The average Bonchev–Trinajstić information content (AvgIpc) is 2.67. The Labute approximate surface area is 118 Å². The van der Waals surface area contributed by atoms with Crippen molar-refractivity contribution >= 4 is 27.3 Å². The number of halogens is 1. The molecule has 2 aromatic rings. The van der Waals surface area contributed by atoms with Crippen molar-refractivity contribution in [2.24, 2.45) is 5.73 Å². The fraction of sp³-hybridized carbons (Fsp3) is 0.308. The molecule has 3 rings (SSSR count). The van der Waals surface area contributed by atoms with E-state index >= 15 is 0 Å². The Morgan fingerprint density at radius 3 is 3.17 bits per heavy atom. The third-order valence-corrected chi connectivity index (χ3v) is 4.55. The summed E-state index contributed by atoms with van der Waals surface area (Å²) < 4.78 is 6.81. The minimum Gasteiger partial charge on any atom is -0.493 e. The van der Waals surface area contributed by atoms with Gasteiger partial charge in [0.25, 0.3) is 0 Å². The zero-order valence-electron chi connectivity index (χ0n) is 9.78. The van der Waals surface area contributed by atoms with Gasteiger partial charge in [-0.15, -0.1) is 11.3 Å². The highest BCUT2D eigenvalue weighted by molar-refractivity contribution is 9.10. The summed E-state index contributed by atoms with van der Waals surface area (Å²) in [6.07, 6.45) is 1.77. The number of rotatable bonds is 2. The third kappa shape index (κ3) is 2.18. The Morgan fingerprint density at radius 2 is 2.33 bits per heavy atom. The van der Waals surface area contributed by atoms with E-state index in [2.05, 4.69) is 22.0 Å². The number of aromatic nitrogens is 1. The number of hydrogen-bond acceptors (Lipinski definition) is 4. The maximum Gasteiger partial charge on any atom is 0.128 e. The number of thiazole rings is 1. The second-order valence-electron chi connectivity index (χ2n) is 4.16. The number of hydrogen-bond donors (Lipinski definition) is 1. The van der Waals surface area contributed by atoms with E-state index in [1.165, 1.54) is 4.88 Å². The summed E-state index contributed by atoms with van der Waals surface area (Å²) in [6.45, 7) is 1.36. The van der Waals surface area contributed by atoms with Crippen LogP contribution in [-0.2, 0) is 12.8 Å². The van der Waals surface area contributed by atoms with Crippen molar-refractivity contribution in [1.29, 1.82) is 0 Å². The fourth-order valence-electron chi connectivity index (χ4n) is 2.08. The molecule has 3 nitrogen and oxygen atoms in total. The van der Waals surface area contributed by atoms with E-state index in [1.54, 1.807) is 11.3 Å². The first-order chi connectivity index (χ1) is 8.78. The first-order valence-corrected chi connectivity index (χ1v) is 7.50. The summed E-state index contributed by atoms with van der Waals surface area (Å²) in [5, 5.41) is 1.12. The van der Waals surface area contributed by atoms with Crippen LogP contribution in [0.25, 0.3) is 11.3 Å². The Bertz CT molecular complexity index is 582. The molecule has 0 radical (unpaired) electrons. The van der Waals surface area contributed by atoms with Gasteiger partial charge in [-0.1, -0.05) is 15.9 Å². The van der Waals surface area contributed by atoms with Gasteiger partial charge in [-0.3, -0.25) is 0 Å². The van der Waals surface area contributed by atoms with E-state index in [9.17, 15) is 0 Å². The predicted octanol–water partition coefficient (Wildman–Crippen LogP) is 3.01. The van der Waals surface area contributed by atoms with Gasteiger partial charge >= 0.3 is 0 Å². The van der Waals surface area contributed by atoms with Crippen molar-refractivity contribution in [3.05, 3.63) is 32.6 Å². The van der Waals surface area contributed by atoms with E-state index in [0.29, 0.717) is 13.2 Å². The quantitative estimate of drug-likeness (QED) is 0.923. The molecule has 1 aliphatic rings. The van der Waals surface area contributed by atoms with Gasteiger partial charge in [0, 0.05) is 27.8 Å². The van der Waals surface area contributed by atoms with Gasteiger partial charge in [0.2, 0.25) is 0 Å². The van der Waals surface area contributed by atoms with Crippen LogP contribution in [-0.4, -0.2) is 18.1 Å². The summed E-state index contributed by atoms with van der Waals surface area (Å²) >= 11 is 5.26. The van der Waals surface area contributed by atoms with Gasteiger partial charge in [0.1, 0.15) is 5.75 Å². The maximum atomic E-state index is 5.77. The molecule has 1 aromatic carbocycles. The standard InChI is InChI=1S/C13H13BrN2OS/c14-8-1-2-10-9(7-8)13-11(4-6-17-10)18-12(16-13)3-5-15/h1-2,7H,3-6,15H2. The molecule has 2 heterocycles. The van der Waals surface area contributed by atoms with Crippen LogP contribution in [0.5, 0.6) is 5.75 Å². The Kier molecular flexibility index (Phi) is 3.37. The lowest BCUT2D eigenvalue weighted by molar-refractivity contribution is 0.327. The lowest BCUT2D eigenvalue weighted by Crippen LogP contribution is -2.02. The molecule has 94 valence electrons. The lowest BCUT2D eigenvalue weighted by Gasteiger charge is -2.06. The van der Waals surface area contributed by atoms with Gasteiger partial charge in [-0.25, -0.2) is 4.98 Å². The molecule has 0 saturated carbocycles. The highest BCUT2D eigenvalue weighted by Gasteiger charge is 2.20. The second-order valence-corrected chi connectivity index (χ2v) is 6.24. The molecule has 2 N–H and O–H groups in total. The Hall–Kier alpha value is -0.910. The van der Waals surface area contributed by atoms with E-state index in [1.807, 2.05) is 12.1 Å². The van der Waals surface area contributed by atoms with Crippen molar-refractivity contribution in [3.63, 3.8) is 0 Å². The monoisotopic (exact) mass is 324 g/mol. The molecule has 0 bridgehead atoms. The van der Waals surface area contributed by atoms with Crippen LogP contribution in [0.4, 0.5) is 0 Å². The molecule has 0 spiro atoms. The summed E-state index contributed by atoms with van der Waals surface area (Å²) in [7, 11) is 0. The molecule has 1 aromatic heterocycles. The SMILES string of the molecule is NCCc1nc2c(s1)CCOc1ccc(Br)cc1-2. The average molecular weight is 325 g/mol. The lowest BCUT2D eigenvalue weighted by atomic mass is 10.1. The van der Waals surface area contributed by atoms with Crippen molar-refractivity contribution in [1.82, 2.24) is 4.98 Å². The molecule has 0 fully saturated rings. The highest BCUT2D eigenvalue weighted by Crippen LogP contribution is 2.38. The summed E-state index contributed by atoms with van der Waals surface area (Å²) in [5.41, 5.74) is 7.75. The smallest absolute Gasteiger partial charge is 0.128 e. The van der Waals surface area contributed by atoms with Gasteiger partial charge in [0.05, 0.1) is 17.3 Å². The first kappa shape index (κ1) is 12.1. The van der Waals surface area contributed by atoms with Gasteiger partial charge in [-0.05, 0) is 24.7 Å². The molecule has 1 aliphatic heterocycles. The molecular formula is C13H13BrN2OS. The molecule has 0 amide bonds. The van der Waals surface area contributed by atoms with Crippen LogP contribution in [0.1, 0.15) is 9.88 Å². The minimum atomic E-state index is 0.647. The van der Waals surface area contributed by atoms with Crippen molar-refractivity contribution < 1.29 is 4.74 Å². The van der Waals surface area contributed by atoms with Crippen LogP contribution in [0.2, 0.25) is 0 Å². The normalized spacial score (nSPS) is 13.4. The number of nitrogens with two attached hydrogens (primary N) is 1. The van der Waals surface area contributed by atoms with E-state index in [0.717, 1.165) is 39.3 Å². The molecule has 0 saturated heterocycles. The summed E-state index contributed by atoms with van der Waals surface area (Å²) in [4.78, 5) is 6.02. The Morgan fingerprint density at radius 1 is 1.44 bits per heavy atom. The van der Waals surface area contributed by atoms with Gasteiger partial charge in [-0.2, -0.15) is 0 Å². The molecular weight excluding hydrogens is 312 g/mol. The first-order valence-electron chi connectivity index (χ1n) is 5.89. The minimum absolute atomic E-state index is 0.647. The summed E-state index contributed by atoms with van der Waals surface area (Å²) in [6, 6.07) is 6.07. The van der Waals surface area contributed by atoms with E-state index < -0.39 is 0 Å². The molecule has 0 aliphatic carbocycles. The number of ether oxygens (including phenoxy) is 1. The fourth-order valence-corrected chi connectivity index (χ4v) is 3.52. The maximum absolute atomic E-state index is 5.77. The molecule has 18 heavy (non-hydrogen) atoms. The van der Waals surface area contributed by atoms with Gasteiger partial charge in [0.15, 0.2) is 0 Å². The van der Waals surface area contributed by atoms with E-state index in [4.69, 9.17) is 15.5 Å². The van der Waals surface area contributed by atoms with Crippen LogP contribution in [0.15, 0.2) is 22.7 Å². The molecule has 0 atom stereocenters. The number of fused-ring (bicyclic) bond motifs is 3. The largest absolute Gasteiger partial charge is 0.493 e. The van der Waals surface area contributed by atoms with Crippen molar-refractivity contribution in [2.75, 3.05) is 13.2 Å².